The first-order valence-corrected chi connectivity index (χ1v) is 6.88. The van der Waals surface area contributed by atoms with Crippen LogP contribution in [0, 0.1) is 0 Å². The molecule has 0 saturated carbocycles. The van der Waals surface area contributed by atoms with Gasteiger partial charge in [0.15, 0.2) is 0 Å². The number of aromatic nitrogens is 1. The Hall–Kier alpha value is -1.82. The largest absolute Gasteiger partial charge is 0.473 e. The molecule has 2 rings (SSSR count). The topological polar surface area (TPSA) is 83.7 Å². The molecule has 1 atom stereocenters. The second kappa shape index (κ2) is 7.09. The lowest BCUT2D eigenvalue weighted by atomic mass is 10.1. The number of pyridine rings is 1. The first-order chi connectivity index (χ1) is 9.72. The minimum absolute atomic E-state index is 0.0659. The maximum absolute atomic E-state index is 11.7. The Balaban J connectivity index is 2.00. The van der Waals surface area contributed by atoms with Crippen LogP contribution in [0.3, 0.4) is 0 Å². The van der Waals surface area contributed by atoms with Crippen molar-refractivity contribution >= 4 is 11.7 Å². The van der Waals surface area contributed by atoms with Crippen LogP contribution < -0.4 is 10.5 Å². The average molecular weight is 280 g/mol. The first kappa shape index (κ1) is 14.6. The fraction of sp³-hybridized carbons (Fsp3) is 0.571. The zero-order valence-electron chi connectivity index (χ0n) is 11.6. The van der Waals surface area contributed by atoms with Crippen molar-refractivity contribution in [2.24, 2.45) is 0 Å². The van der Waals surface area contributed by atoms with Crippen molar-refractivity contribution in [3.05, 3.63) is 17.8 Å². The number of nitrogens with zero attached hydrogens (tertiary/aromatic N) is 1. The Morgan fingerprint density at radius 3 is 3.10 bits per heavy atom. The number of nitrogens with two attached hydrogens (primary N) is 1. The lowest BCUT2D eigenvalue weighted by Crippen LogP contribution is -2.26. The van der Waals surface area contributed by atoms with Crippen LogP contribution in [-0.2, 0) is 9.47 Å². The van der Waals surface area contributed by atoms with Gasteiger partial charge in [-0.3, -0.25) is 0 Å². The molecule has 1 aliphatic rings. The number of esters is 1. The molecule has 1 aromatic heterocycles. The van der Waals surface area contributed by atoms with Gasteiger partial charge in [-0.15, -0.1) is 0 Å². The minimum Gasteiger partial charge on any atom is -0.473 e. The van der Waals surface area contributed by atoms with E-state index in [9.17, 15) is 4.79 Å². The molecule has 1 unspecified atom stereocenters. The Labute approximate surface area is 118 Å². The van der Waals surface area contributed by atoms with Crippen molar-refractivity contribution < 1.29 is 19.0 Å². The molecule has 1 saturated heterocycles. The minimum atomic E-state index is -0.467. The molecule has 0 radical (unpaired) electrons. The van der Waals surface area contributed by atoms with Gasteiger partial charge in [0.25, 0.3) is 0 Å². The maximum Gasteiger partial charge on any atom is 0.340 e. The average Bonchev–Trinajstić information content (AvgIpc) is 2.47. The van der Waals surface area contributed by atoms with E-state index in [0.29, 0.717) is 13.2 Å². The van der Waals surface area contributed by atoms with Gasteiger partial charge >= 0.3 is 5.97 Å². The van der Waals surface area contributed by atoms with E-state index in [0.717, 1.165) is 25.9 Å². The second-order valence-electron chi connectivity index (χ2n) is 4.60. The van der Waals surface area contributed by atoms with Crippen molar-refractivity contribution in [1.82, 2.24) is 4.98 Å². The Morgan fingerprint density at radius 2 is 2.40 bits per heavy atom. The van der Waals surface area contributed by atoms with Gasteiger partial charge in [0.05, 0.1) is 18.3 Å². The summed E-state index contributed by atoms with van der Waals surface area (Å²) in [5.74, 6) is -0.212. The third-order valence-electron chi connectivity index (χ3n) is 3.13. The van der Waals surface area contributed by atoms with Crippen molar-refractivity contribution in [1.29, 1.82) is 0 Å². The molecule has 20 heavy (non-hydrogen) atoms. The lowest BCUT2D eigenvalue weighted by molar-refractivity contribution is -0.0117. The summed E-state index contributed by atoms with van der Waals surface area (Å²) in [5, 5.41) is 0. The van der Waals surface area contributed by atoms with Gasteiger partial charge in [0.2, 0.25) is 5.88 Å². The monoisotopic (exact) mass is 280 g/mol. The van der Waals surface area contributed by atoms with Crippen molar-refractivity contribution in [3.8, 4) is 5.88 Å². The van der Waals surface area contributed by atoms with E-state index in [2.05, 4.69) is 4.98 Å². The van der Waals surface area contributed by atoms with Gasteiger partial charge in [-0.2, -0.15) is 0 Å². The first-order valence-electron chi connectivity index (χ1n) is 6.88. The molecule has 110 valence electrons. The highest BCUT2D eigenvalue weighted by molar-refractivity contribution is 5.96. The number of carbonyl (C=O) groups excluding carboxylic acids is 1. The van der Waals surface area contributed by atoms with E-state index in [1.807, 2.05) is 0 Å². The van der Waals surface area contributed by atoms with Crippen LogP contribution in [0.1, 0.15) is 36.5 Å². The summed E-state index contributed by atoms with van der Waals surface area (Å²) >= 11 is 0. The molecule has 0 amide bonds. The fourth-order valence-electron chi connectivity index (χ4n) is 2.07. The summed E-state index contributed by atoms with van der Waals surface area (Å²) in [4.78, 5) is 15.8. The van der Waals surface area contributed by atoms with Crippen LogP contribution in [0.25, 0.3) is 0 Å². The van der Waals surface area contributed by atoms with Crippen LogP contribution in [0.5, 0.6) is 5.88 Å². The van der Waals surface area contributed by atoms with Crippen molar-refractivity contribution in [2.45, 2.75) is 32.3 Å². The molecule has 1 fully saturated rings. The molecule has 2 heterocycles. The molecular formula is C14H20N2O4. The van der Waals surface area contributed by atoms with Gasteiger partial charge in [0.1, 0.15) is 12.3 Å². The van der Waals surface area contributed by atoms with Gasteiger partial charge in [-0.25, -0.2) is 9.78 Å². The fourth-order valence-corrected chi connectivity index (χ4v) is 2.07. The van der Waals surface area contributed by atoms with Gasteiger partial charge in [0, 0.05) is 12.8 Å². The number of hydrogen-bond acceptors (Lipinski definition) is 6. The van der Waals surface area contributed by atoms with Crippen LogP contribution >= 0.6 is 0 Å². The van der Waals surface area contributed by atoms with E-state index < -0.39 is 5.97 Å². The number of rotatable bonds is 5. The number of ether oxygens (including phenoxy) is 3. The Kier molecular flexibility index (Phi) is 5.17. The SMILES string of the molecule is CCOC(=O)c1ccnc(OCC2CCCCO2)c1N. The molecule has 0 aliphatic carbocycles. The lowest BCUT2D eigenvalue weighted by Gasteiger charge is -2.22. The number of hydrogen-bond donors (Lipinski definition) is 1. The van der Waals surface area contributed by atoms with Crippen molar-refractivity contribution in [2.75, 3.05) is 25.6 Å². The summed E-state index contributed by atoms with van der Waals surface area (Å²) in [6, 6.07) is 1.53. The molecule has 1 aliphatic heterocycles. The van der Waals surface area contributed by atoms with E-state index in [-0.39, 0.29) is 23.2 Å². The van der Waals surface area contributed by atoms with E-state index >= 15 is 0 Å². The van der Waals surface area contributed by atoms with Gasteiger partial charge in [-0.05, 0) is 32.3 Å². The third kappa shape index (κ3) is 3.60. The van der Waals surface area contributed by atoms with E-state index in [1.54, 1.807) is 6.92 Å². The molecule has 6 nitrogen and oxygen atoms in total. The van der Waals surface area contributed by atoms with Gasteiger partial charge in [-0.1, -0.05) is 0 Å². The number of nitrogen functional groups attached to an aromatic ring is 1. The summed E-state index contributed by atoms with van der Waals surface area (Å²) in [6.07, 6.45) is 4.75. The van der Waals surface area contributed by atoms with Gasteiger partial charge < -0.3 is 19.9 Å². The van der Waals surface area contributed by atoms with E-state index in [4.69, 9.17) is 19.9 Å². The normalized spacial score (nSPS) is 18.6. The molecule has 0 spiro atoms. The third-order valence-corrected chi connectivity index (χ3v) is 3.13. The maximum atomic E-state index is 11.7. The van der Waals surface area contributed by atoms with Crippen molar-refractivity contribution in [3.63, 3.8) is 0 Å². The number of anilines is 1. The molecule has 1 aromatic rings. The van der Waals surface area contributed by atoms with Crippen LogP contribution in [0.4, 0.5) is 5.69 Å². The zero-order chi connectivity index (χ0) is 14.4. The highest BCUT2D eigenvalue weighted by Gasteiger charge is 2.18. The van der Waals surface area contributed by atoms with Crippen LogP contribution in [0.2, 0.25) is 0 Å². The molecule has 2 N–H and O–H groups in total. The summed E-state index contributed by atoms with van der Waals surface area (Å²) in [5.41, 5.74) is 6.39. The predicted octanol–water partition coefficient (Wildman–Crippen LogP) is 1.79. The predicted molar refractivity (Wildman–Crippen MR) is 73.7 cm³/mol. The second-order valence-corrected chi connectivity index (χ2v) is 4.60. The zero-order valence-corrected chi connectivity index (χ0v) is 11.6. The Morgan fingerprint density at radius 1 is 1.55 bits per heavy atom. The highest BCUT2D eigenvalue weighted by Crippen LogP contribution is 2.24. The Bertz CT molecular complexity index is 458. The quantitative estimate of drug-likeness (QED) is 0.828. The summed E-state index contributed by atoms with van der Waals surface area (Å²) in [6.45, 7) is 3.20. The standard InChI is InChI=1S/C14H20N2O4/c1-2-18-14(17)11-6-7-16-13(12(11)15)20-9-10-5-3-4-8-19-10/h6-7,10H,2-5,8-9,15H2,1H3. The number of carbonyl (C=O) groups is 1. The molecule has 6 heteroatoms. The van der Waals surface area contributed by atoms with Crippen LogP contribution in [-0.4, -0.2) is 36.9 Å². The van der Waals surface area contributed by atoms with Crippen LogP contribution in [0.15, 0.2) is 12.3 Å². The molecule has 0 bridgehead atoms. The summed E-state index contributed by atoms with van der Waals surface area (Å²) < 4.78 is 16.1. The molecular weight excluding hydrogens is 260 g/mol. The smallest absolute Gasteiger partial charge is 0.340 e. The summed E-state index contributed by atoms with van der Waals surface area (Å²) in [7, 11) is 0. The highest BCUT2D eigenvalue weighted by atomic mass is 16.5. The molecule has 0 aromatic carbocycles. The van der Waals surface area contributed by atoms with E-state index in [1.165, 1.54) is 12.3 Å².